The summed E-state index contributed by atoms with van der Waals surface area (Å²) in [6.07, 6.45) is 0. The van der Waals surface area contributed by atoms with E-state index in [2.05, 4.69) is 5.32 Å². The molecule has 0 atom stereocenters. The topological polar surface area (TPSA) is 29.1 Å². The molecule has 0 spiro atoms. The van der Waals surface area contributed by atoms with Gasteiger partial charge in [-0.25, -0.2) is 0 Å². The van der Waals surface area contributed by atoms with Gasteiger partial charge in [-0.15, -0.1) is 0 Å². The molecule has 12 heavy (non-hydrogen) atoms. The Balaban J connectivity index is 3.13. The molecule has 0 fully saturated rings. The van der Waals surface area contributed by atoms with E-state index in [1.54, 1.807) is 19.2 Å². The van der Waals surface area contributed by atoms with E-state index >= 15 is 0 Å². The van der Waals surface area contributed by atoms with Gasteiger partial charge in [0, 0.05) is 12.1 Å². The van der Waals surface area contributed by atoms with Crippen molar-refractivity contribution in [3.8, 4) is 0 Å². The average Bonchev–Trinajstić information content (AvgIpc) is 2.08. The molecular weight excluding hydrogens is 197 g/mol. The predicted molar refractivity (Wildman–Crippen MR) is 49.9 cm³/mol. The molecule has 1 aromatic rings. The number of carbonyl (C=O) groups is 1. The van der Waals surface area contributed by atoms with Crippen LogP contribution in [-0.2, 0) is 0 Å². The van der Waals surface area contributed by atoms with Crippen LogP contribution >= 0.6 is 23.2 Å². The summed E-state index contributed by atoms with van der Waals surface area (Å²) in [6, 6.07) is 4.76. The number of hydrogen-bond donors (Lipinski definition) is 1. The molecule has 0 aliphatic heterocycles. The minimum Gasteiger partial charge on any atom is -0.355 e. The highest BCUT2D eigenvalue weighted by Gasteiger charge is 2.07. The first-order chi connectivity index (χ1) is 5.65. The summed E-state index contributed by atoms with van der Waals surface area (Å²) in [6.45, 7) is 0. The number of rotatable bonds is 1. The van der Waals surface area contributed by atoms with Crippen molar-refractivity contribution in [3.63, 3.8) is 0 Å². The van der Waals surface area contributed by atoms with Crippen molar-refractivity contribution in [1.29, 1.82) is 0 Å². The second kappa shape index (κ2) is 3.78. The van der Waals surface area contributed by atoms with Crippen molar-refractivity contribution >= 4 is 29.1 Å². The summed E-state index contributed by atoms with van der Waals surface area (Å²) in [4.78, 5) is 11.1. The Morgan fingerprint density at radius 3 is 2.67 bits per heavy atom. The molecule has 0 aliphatic carbocycles. The van der Waals surface area contributed by atoms with E-state index in [0.29, 0.717) is 15.6 Å². The van der Waals surface area contributed by atoms with Crippen molar-refractivity contribution in [1.82, 2.24) is 5.32 Å². The van der Waals surface area contributed by atoms with Gasteiger partial charge < -0.3 is 5.32 Å². The summed E-state index contributed by atoms with van der Waals surface area (Å²) in [5, 5.41) is 3.37. The first-order valence-electron chi connectivity index (χ1n) is 3.32. The molecule has 0 saturated heterocycles. The minimum atomic E-state index is -0.234. The van der Waals surface area contributed by atoms with E-state index in [1.165, 1.54) is 6.07 Å². The van der Waals surface area contributed by atoms with Crippen LogP contribution in [-0.4, -0.2) is 13.0 Å². The van der Waals surface area contributed by atoms with E-state index in [9.17, 15) is 4.79 Å². The number of nitrogens with one attached hydrogen (secondary N) is 1. The lowest BCUT2D eigenvalue weighted by Crippen LogP contribution is -2.18. The largest absolute Gasteiger partial charge is 0.355 e. The van der Waals surface area contributed by atoms with Crippen LogP contribution in [0.1, 0.15) is 10.4 Å². The monoisotopic (exact) mass is 203 g/mol. The first kappa shape index (κ1) is 9.36. The number of benzene rings is 1. The van der Waals surface area contributed by atoms with Gasteiger partial charge in [-0.05, 0) is 18.2 Å². The summed E-state index contributed by atoms with van der Waals surface area (Å²) in [5.41, 5.74) is 0.395. The lowest BCUT2D eigenvalue weighted by atomic mass is 10.2. The lowest BCUT2D eigenvalue weighted by Gasteiger charge is -2.01. The molecule has 0 aliphatic rings. The van der Waals surface area contributed by atoms with E-state index < -0.39 is 0 Å². The lowest BCUT2D eigenvalue weighted by molar-refractivity contribution is 0.0963. The van der Waals surface area contributed by atoms with E-state index in [0.717, 1.165) is 0 Å². The summed E-state index contributed by atoms with van der Waals surface area (Å²) < 4.78 is 0. The highest BCUT2D eigenvalue weighted by atomic mass is 35.5. The smallest absolute Gasteiger partial charge is 0.252 e. The van der Waals surface area contributed by atoms with Gasteiger partial charge in [0.05, 0.1) is 10.6 Å². The van der Waals surface area contributed by atoms with Crippen LogP contribution < -0.4 is 5.32 Å². The van der Waals surface area contributed by atoms with Gasteiger partial charge in [0.15, 0.2) is 0 Å². The van der Waals surface area contributed by atoms with Crippen LogP contribution in [0.2, 0.25) is 10.0 Å². The summed E-state index contributed by atoms with van der Waals surface area (Å²) >= 11 is 11.4. The fourth-order valence-electron chi connectivity index (χ4n) is 0.806. The molecule has 0 aromatic heterocycles. The van der Waals surface area contributed by atoms with E-state index in [-0.39, 0.29) is 5.91 Å². The molecule has 0 unspecified atom stereocenters. The number of amides is 1. The molecule has 0 bridgehead atoms. The molecule has 0 radical (unpaired) electrons. The van der Waals surface area contributed by atoms with E-state index in [4.69, 9.17) is 23.2 Å². The van der Waals surface area contributed by atoms with Gasteiger partial charge >= 0.3 is 0 Å². The highest BCUT2D eigenvalue weighted by molar-refractivity contribution is 6.35. The Hall–Kier alpha value is -0.730. The maximum absolute atomic E-state index is 11.1. The number of carbonyl (C=O) groups excluding carboxylic acids is 1. The normalized spacial score (nSPS) is 9.58. The standard InChI is InChI=1S/C8H7Cl2NO/c1-11-8(12)6-4-5(9)2-3-7(6)10/h2-4H,1H3,(H,11,12). The van der Waals surface area contributed by atoms with Gasteiger partial charge in [-0.2, -0.15) is 0 Å². The van der Waals surface area contributed by atoms with Crippen molar-refractivity contribution in [2.75, 3.05) is 7.05 Å². The fraction of sp³-hybridized carbons (Fsp3) is 0.125. The third-order valence-corrected chi connectivity index (χ3v) is 1.96. The molecule has 1 rings (SSSR count). The molecule has 1 aromatic carbocycles. The van der Waals surface area contributed by atoms with Crippen LogP contribution in [0.5, 0.6) is 0 Å². The molecule has 0 saturated carbocycles. The zero-order valence-corrected chi connectivity index (χ0v) is 7.91. The summed E-state index contributed by atoms with van der Waals surface area (Å²) in [5.74, 6) is -0.234. The molecule has 0 heterocycles. The first-order valence-corrected chi connectivity index (χ1v) is 4.08. The second-order valence-corrected chi connectivity index (χ2v) is 3.05. The number of halogens is 2. The molecule has 1 N–H and O–H groups in total. The minimum absolute atomic E-state index is 0.234. The predicted octanol–water partition coefficient (Wildman–Crippen LogP) is 2.35. The van der Waals surface area contributed by atoms with Crippen LogP contribution in [0.15, 0.2) is 18.2 Å². The van der Waals surface area contributed by atoms with Crippen LogP contribution in [0.3, 0.4) is 0 Å². The quantitative estimate of drug-likeness (QED) is 0.747. The molecule has 64 valence electrons. The second-order valence-electron chi connectivity index (χ2n) is 2.20. The van der Waals surface area contributed by atoms with Crippen molar-refractivity contribution in [2.24, 2.45) is 0 Å². The Labute approximate surface area is 80.5 Å². The van der Waals surface area contributed by atoms with Crippen molar-refractivity contribution in [3.05, 3.63) is 33.8 Å². The Morgan fingerprint density at radius 1 is 1.42 bits per heavy atom. The van der Waals surface area contributed by atoms with Gasteiger partial charge in [0.25, 0.3) is 5.91 Å². The number of hydrogen-bond acceptors (Lipinski definition) is 1. The average molecular weight is 204 g/mol. The Kier molecular flexibility index (Phi) is 2.95. The van der Waals surface area contributed by atoms with Gasteiger partial charge in [-0.1, -0.05) is 23.2 Å². The van der Waals surface area contributed by atoms with Crippen LogP contribution in [0, 0.1) is 0 Å². The Morgan fingerprint density at radius 2 is 2.08 bits per heavy atom. The maximum atomic E-state index is 11.1. The maximum Gasteiger partial charge on any atom is 0.252 e. The van der Waals surface area contributed by atoms with Gasteiger partial charge in [0.2, 0.25) is 0 Å². The van der Waals surface area contributed by atoms with Gasteiger partial charge in [0.1, 0.15) is 0 Å². The third kappa shape index (κ3) is 1.90. The van der Waals surface area contributed by atoms with Crippen LogP contribution in [0.4, 0.5) is 0 Å². The van der Waals surface area contributed by atoms with E-state index in [1.807, 2.05) is 0 Å². The Bertz CT molecular complexity index is 312. The fourth-order valence-corrected chi connectivity index (χ4v) is 1.18. The zero-order chi connectivity index (χ0) is 9.14. The zero-order valence-electron chi connectivity index (χ0n) is 6.40. The molecule has 1 amide bonds. The van der Waals surface area contributed by atoms with Crippen molar-refractivity contribution < 1.29 is 4.79 Å². The molecule has 2 nitrogen and oxygen atoms in total. The summed E-state index contributed by atoms with van der Waals surface area (Å²) in [7, 11) is 1.54. The molecular formula is C8H7Cl2NO. The van der Waals surface area contributed by atoms with Crippen LogP contribution in [0.25, 0.3) is 0 Å². The molecule has 4 heteroatoms. The van der Waals surface area contributed by atoms with Gasteiger partial charge in [-0.3, -0.25) is 4.79 Å². The highest BCUT2D eigenvalue weighted by Crippen LogP contribution is 2.20. The SMILES string of the molecule is CNC(=O)c1cc(Cl)ccc1Cl. The third-order valence-electron chi connectivity index (χ3n) is 1.40. The van der Waals surface area contributed by atoms with Crippen molar-refractivity contribution in [2.45, 2.75) is 0 Å².